The second kappa shape index (κ2) is 6.39. The third kappa shape index (κ3) is 3.09. The summed E-state index contributed by atoms with van der Waals surface area (Å²) in [5.74, 6) is 1.47. The van der Waals surface area contributed by atoms with Crippen molar-refractivity contribution in [1.29, 1.82) is 0 Å². The molecule has 0 radical (unpaired) electrons. The second-order valence-corrected chi connectivity index (χ2v) is 5.84. The van der Waals surface area contributed by atoms with Crippen LogP contribution in [0.5, 0.6) is 0 Å². The van der Waals surface area contributed by atoms with Crippen LogP contribution in [0, 0.1) is 4.77 Å². The molecule has 1 aliphatic rings. The van der Waals surface area contributed by atoms with E-state index in [9.17, 15) is 4.79 Å². The number of hydrogen-bond donors (Lipinski definition) is 2. The number of aryl methyl sites for hydroxylation is 1. The number of H-pyrrole nitrogens is 1. The van der Waals surface area contributed by atoms with E-state index in [1.54, 1.807) is 18.5 Å². The quantitative estimate of drug-likeness (QED) is 0.801. The Bertz CT molecular complexity index is 732. The van der Waals surface area contributed by atoms with Gasteiger partial charge in [0.25, 0.3) is 5.91 Å². The van der Waals surface area contributed by atoms with Crippen LogP contribution in [0.4, 0.5) is 0 Å². The first-order valence-electron chi connectivity index (χ1n) is 7.57. The van der Waals surface area contributed by atoms with Crippen LogP contribution in [0.1, 0.15) is 47.4 Å². The van der Waals surface area contributed by atoms with Gasteiger partial charge in [-0.25, -0.2) is 0 Å². The van der Waals surface area contributed by atoms with E-state index in [4.69, 9.17) is 12.2 Å². The maximum atomic E-state index is 12.3. The van der Waals surface area contributed by atoms with Crippen LogP contribution in [-0.2, 0) is 13.0 Å². The predicted octanol–water partition coefficient (Wildman–Crippen LogP) is 2.21. The van der Waals surface area contributed by atoms with E-state index in [-0.39, 0.29) is 5.91 Å². The lowest BCUT2D eigenvalue weighted by Crippen LogP contribution is -2.28. The van der Waals surface area contributed by atoms with E-state index < -0.39 is 0 Å². The fourth-order valence-corrected chi connectivity index (χ4v) is 2.74. The summed E-state index contributed by atoms with van der Waals surface area (Å²) in [5.41, 5.74) is 1.65. The van der Waals surface area contributed by atoms with Crippen LogP contribution in [0.2, 0.25) is 0 Å². The van der Waals surface area contributed by atoms with Gasteiger partial charge in [-0.15, -0.1) is 0 Å². The summed E-state index contributed by atoms with van der Waals surface area (Å²) in [6, 6.07) is 1.76. The number of nitrogens with zero attached hydrogens (tertiary/aromatic N) is 3. The first-order chi connectivity index (χ1) is 10.7. The van der Waals surface area contributed by atoms with Gasteiger partial charge in [-0.2, -0.15) is 5.10 Å². The highest BCUT2D eigenvalue weighted by Crippen LogP contribution is 2.38. The molecule has 116 valence electrons. The Hall–Kier alpha value is -2.02. The molecule has 2 N–H and O–H groups in total. The van der Waals surface area contributed by atoms with Crippen molar-refractivity contribution in [2.45, 2.75) is 38.6 Å². The largest absolute Gasteiger partial charge is 0.350 e. The average molecular weight is 317 g/mol. The van der Waals surface area contributed by atoms with Gasteiger partial charge in [0.1, 0.15) is 5.82 Å². The molecule has 0 unspecified atom stereocenters. The van der Waals surface area contributed by atoms with Crippen molar-refractivity contribution >= 4 is 18.1 Å². The fourth-order valence-electron chi connectivity index (χ4n) is 2.51. The van der Waals surface area contributed by atoms with Crippen molar-refractivity contribution in [2.24, 2.45) is 0 Å². The zero-order valence-corrected chi connectivity index (χ0v) is 13.3. The summed E-state index contributed by atoms with van der Waals surface area (Å²) in [4.78, 5) is 16.3. The minimum absolute atomic E-state index is 0.0674. The normalized spacial score (nSPS) is 14.0. The summed E-state index contributed by atoms with van der Waals surface area (Å²) in [6.07, 6.45) is 6.51. The first kappa shape index (κ1) is 14.9. The lowest BCUT2D eigenvalue weighted by molar-refractivity contribution is 0.0951. The Balaban J connectivity index is 1.62. The molecule has 1 fully saturated rings. The molecule has 7 heteroatoms. The molecule has 0 saturated heterocycles. The molecule has 0 spiro atoms. The van der Waals surface area contributed by atoms with Gasteiger partial charge in [-0.1, -0.05) is 6.92 Å². The van der Waals surface area contributed by atoms with Crippen molar-refractivity contribution < 1.29 is 4.79 Å². The molecular formula is C15H19N5OS. The number of rotatable bonds is 6. The monoisotopic (exact) mass is 317 g/mol. The Morgan fingerprint density at radius 1 is 1.55 bits per heavy atom. The standard InChI is InChI=1S/C15H19N5OS/c1-2-10-9-16-6-5-12(10)14(21)17-7-8-20-13(11-3-4-11)18-19-15(20)22/h5-6,9,11H,2-4,7-8H2,1H3,(H,17,21)(H,19,22). The summed E-state index contributed by atoms with van der Waals surface area (Å²) in [5, 5.41) is 10.1. The molecule has 6 nitrogen and oxygen atoms in total. The Labute approximate surface area is 134 Å². The molecule has 0 aliphatic heterocycles. The van der Waals surface area contributed by atoms with Crippen LogP contribution >= 0.6 is 12.2 Å². The van der Waals surface area contributed by atoms with E-state index in [0.717, 1.165) is 17.8 Å². The van der Waals surface area contributed by atoms with Crippen LogP contribution < -0.4 is 5.32 Å². The summed E-state index contributed by atoms with van der Waals surface area (Å²) < 4.78 is 2.61. The smallest absolute Gasteiger partial charge is 0.251 e. The molecule has 0 bridgehead atoms. The molecule has 2 aromatic rings. The number of aromatic nitrogens is 4. The fraction of sp³-hybridized carbons (Fsp3) is 0.467. The zero-order valence-electron chi connectivity index (χ0n) is 12.5. The highest BCUT2D eigenvalue weighted by Gasteiger charge is 2.28. The molecule has 2 aromatic heterocycles. The third-order valence-electron chi connectivity index (χ3n) is 3.88. The van der Waals surface area contributed by atoms with Gasteiger partial charge in [0, 0.05) is 37.0 Å². The summed E-state index contributed by atoms with van der Waals surface area (Å²) in [6.45, 7) is 3.18. The first-order valence-corrected chi connectivity index (χ1v) is 7.97. The van der Waals surface area contributed by atoms with Crippen molar-refractivity contribution in [3.63, 3.8) is 0 Å². The number of hydrogen-bond acceptors (Lipinski definition) is 4. The highest BCUT2D eigenvalue weighted by atomic mass is 32.1. The number of pyridine rings is 1. The van der Waals surface area contributed by atoms with E-state index >= 15 is 0 Å². The summed E-state index contributed by atoms with van der Waals surface area (Å²) in [7, 11) is 0. The van der Waals surface area contributed by atoms with Crippen molar-refractivity contribution in [3.05, 3.63) is 40.2 Å². The van der Waals surface area contributed by atoms with Crippen molar-refractivity contribution in [3.8, 4) is 0 Å². The van der Waals surface area contributed by atoms with Gasteiger partial charge in [0.15, 0.2) is 4.77 Å². The van der Waals surface area contributed by atoms with Gasteiger partial charge in [-0.3, -0.25) is 14.9 Å². The van der Waals surface area contributed by atoms with E-state index in [1.165, 1.54) is 12.8 Å². The van der Waals surface area contributed by atoms with Crippen molar-refractivity contribution in [2.75, 3.05) is 6.54 Å². The lowest BCUT2D eigenvalue weighted by Gasteiger charge is -2.10. The lowest BCUT2D eigenvalue weighted by atomic mass is 10.1. The number of carbonyl (C=O) groups is 1. The molecule has 22 heavy (non-hydrogen) atoms. The van der Waals surface area contributed by atoms with E-state index in [1.807, 2.05) is 11.5 Å². The highest BCUT2D eigenvalue weighted by molar-refractivity contribution is 7.71. The third-order valence-corrected chi connectivity index (χ3v) is 4.19. The van der Waals surface area contributed by atoms with E-state index in [0.29, 0.717) is 29.3 Å². The molecule has 0 atom stereocenters. The van der Waals surface area contributed by atoms with Crippen molar-refractivity contribution in [1.82, 2.24) is 25.1 Å². The molecule has 1 saturated carbocycles. The molecule has 3 rings (SSSR count). The summed E-state index contributed by atoms with van der Waals surface area (Å²) >= 11 is 5.26. The van der Waals surface area contributed by atoms with Crippen LogP contribution in [-0.4, -0.2) is 32.2 Å². The van der Waals surface area contributed by atoms with Crippen LogP contribution in [0.25, 0.3) is 0 Å². The minimum atomic E-state index is -0.0674. The molecular weight excluding hydrogens is 298 g/mol. The number of nitrogens with one attached hydrogen (secondary N) is 2. The SMILES string of the molecule is CCc1cnccc1C(=O)NCCn1c(C2CC2)n[nH]c1=S. The van der Waals surface area contributed by atoms with Gasteiger partial charge in [-0.05, 0) is 43.1 Å². The van der Waals surface area contributed by atoms with Gasteiger partial charge in [0.05, 0.1) is 0 Å². The maximum Gasteiger partial charge on any atom is 0.251 e. The molecule has 1 aliphatic carbocycles. The number of aromatic amines is 1. The zero-order chi connectivity index (χ0) is 15.5. The van der Waals surface area contributed by atoms with Crippen LogP contribution in [0.3, 0.4) is 0 Å². The Kier molecular flexibility index (Phi) is 4.33. The molecule has 0 aromatic carbocycles. The van der Waals surface area contributed by atoms with Crippen LogP contribution in [0.15, 0.2) is 18.5 Å². The predicted molar refractivity (Wildman–Crippen MR) is 85.3 cm³/mol. The molecule has 1 amide bonds. The number of carbonyl (C=O) groups excluding carboxylic acids is 1. The van der Waals surface area contributed by atoms with Gasteiger partial charge < -0.3 is 9.88 Å². The molecule has 2 heterocycles. The Morgan fingerprint density at radius 2 is 2.36 bits per heavy atom. The number of amides is 1. The minimum Gasteiger partial charge on any atom is -0.350 e. The van der Waals surface area contributed by atoms with Gasteiger partial charge >= 0.3 is 0 Å². The maximum absolute atomic E-state index is 12.3. The second-order valence-electron chi connectivity index (χ2n) is 5.46. The van der Waals surface area contributed by atoms with Gasteiger partial charge in [0.2, 0.25) is 0 Å². The topological polar surface area (TPSA) is 75.6 Å². The average Bonchev–Trinajstić information content (AvgIpc) is 3.32. The van der Waals surface area contributed by atoms with E-state index in [2.05, 4.69) is 20.5 Å². The Morgan fingerprint density at radius 3 is 3.09 bits per heavy atom.